The van der Waals surface area contributed by atoms with Crippen LogP contribution in [0.15, 0.2) is 24.5 Å². The van der Waals surface area contributed by atoms with Crippen LogP contribution in [0.25, 0.3) is 0 Å². The van der Waals surface area contributed by atoms with Gasteiger partial charge in [0.05, 0.1) is 12.4 Å². The fraction of sp³-hybridized carbons (Fsp3) is 0.556. The van der Waals surface area contributed by atoms with Gasteiger partial charge in [-0.25, -0.2) is 0 Å². The monoisotopic (exact) mass is 155 g/mol. The maximum absolute atomic E-state index is 5.29. The molecule has 0 spiro atoms. The van der Waals surface area contributed by atoms with Crippen molar-refractivity contribution in [3.8, 4) is 0 Å². The van der Waals surface area contributed by atoms with Crippen LogP contribution in [0.2, 0.25) is 0 Å². The molecule has 2 heteroatoms. The van der Waals surface area contributed by atoms with E-state index >= 15 is 0 Å². The van der Waals surface area contributed by atoms with Crippen molar-refractivity contribution in [3.63, 3.8) is 0 Å². The van der Waals surface area contributed by atoms with Gasteiger partial charge in [-0.1, -0.05) is 18.7 Å². The molecule has 0 aromatic rings. The lowest BCUT2D eigenvalue weighted by Crippen LogP contribution is -2.03. The minimum Gasteiger partial charge on any atom is -0.498 e. The minimum atomic E-state index is 0.677. The number of allylic oxidation sites excluding steroid dienone is 2. The Bertz CT molecular complexity index is 130. The van der Waals surface area contributed by atoms with Crippen molar-refractivity contribution in [1.29, 1.82) is 0 Å². The van der Waals surface area contributed by atoms with E-state index in [1.54, 1.807) is 0 Å². The van der Waals surface area contributed by atoms with Gasteiger partial charge in [-0.2, -0.15) is 0 Å². The summed E-state index contributed by atoms with van der Waals surface area (Å²) in [7, 11) is 0. The van der Waals surface area contributed by atoms with Crippen LogP contribution in [0.4, 0.5) is 0 Å². The molecule has 0 aromatic carbocycles. The maximum atomic E-state index is 5.29. The molecule has 0 bridgehead atoms. The van der Waals surface area contributed by atoms with Gasteiger partial charge >= 0.3 is 0 Å². The third-order valence-corrected chi connectivity index (χ3v) is 1.24. The molecule has 0 aliphatic heterocycles. The summed E-state index contributed by atoms with van der Waals surface area (Å²) in [6.07, 6.45) is 5.71. The van der Waals surface area contributed by atoms with Crippen molar-refractivity contribution in [1.82, 2.24) is 0 Å². The summed E-state index contributed by atoms with van der Waals surface area (Å²) in [4.78, 5) is 0. The molecule has 0 heterocycles. The van der Waals surface area contributed by atoms with E-state index in [1.165, 1.54) is 0 Å². The van der Waals surface area contributed by atoms with E-state index in [4.69, 9.17) is 10.5 Å². The normalized spacial score (nSPS) is 10.4. The Kier molecular flexibility index (Phi) is 6.84. The van der Waals surface area contributed by atoms with Gasteiger partial charge in [0.15, 0.2) is 0 Å². The predicted molar refractivity (Wildman–Crippen MR) is 48.2 cm³/mol. The largest absolute Gasteiger partial charge is 0.498 e. The minimum absolute atomic E-state index is 0.677. The van der Waals surface area contributed by atoms with E-state index in [0.29, 0.717) is 13.2 Å². The third kappa shape index (κ3) is 7.13. The highest BCUT2D eigenvalue weighted by Gasteiger charge is 1.89. The topological polar surface area (TPSA) is 35.2 Å². The Morgan fingerprint density at radius 3 is 2.91 bits per heavy atom. The van der Waals surface area contributed by atoms with Crippen LogP contribution >= 0.6 is 0 Å². The fourth-order valence-corrected chi connectivity index (χ4v) is 0.608. The molecular weight excluding hydrogens is 138 g/mol. The number of rotatable bonds is 6. The molecule has 0 amide bonds. The first-order valence-corrected chi connectivity index (χ1v) is 3.93. The third-order valence-electron chi connectivity index (χ3n) is 1.24. The van der Waals surface area contributed by atoms with Crippen molar-refractivity contribution in [3.05, 3.63) is 24.5 Å². The average molecular weight is 155 g/mol. The van der Waals surface area contributed by atoms with Gasteiger partial charge < -0.3 is 10.5 Å². The van der Waals surface area contributed by atoms with Gasteiger partial charge in [0.25, 0.3) is 0 Å². The van der Waals surface area contributed by atoms with Crippen LogP contribution < -0.4 is 5.73 Å². The van der Waals surface area contributed by atoms with E-state index in [0.717, 1.165) is 18.6 Å². The van der Waals surface area contributed by atoms with Gasteiger partial charge in [0, 0.05) is 6.42 Å². The Morgan fingerprint density at radius 2 is 2.36 bits per heavy atom. The second-order valence-electron chi connectivity index (χ2n) is 2.30. The van der Waals surface area contributed by atoms with Crippen LogP contribution in [0, 0.1) is 0 Å². The Balaban J connectivity index is 3.23. The van der Waals surface area contributed by atoms with Crippen LogP contribution in [-0.2, 0) is 4.74 Å². The van der Waals surface area contributed by atoms with Crippen LogP contribution in [0.3, 0.4) is 0 Å². The van der Waals surface area contributed by atoms with Crippen molar-refractivity contribution in [2.24, 2.45) is 5.73 Å². The van der Waals surface area contributed by atoms with Crippen LogP contribution in [0.1, 0.15) is 19.8 Å². The lowest BCUT2D eigenvalue weighted by atomic mass is 10.3. The lowest BCUT2D eigenvalue weighted by Gasteiger charge is -2.05. The van der Waals surface area contributed by atoms with Gasteiger partial charge in [0.2, 0.25) is 0 Å². The molecule has 0 radical (unpaired) electrons. The van der Waals surface area contributed by atoms with E-state index in [2.05, 4.69) is 6.58 Å². The molecule has 0 saturated heterocycles. The first kappa shape index (κ1) is 10.2. The zero-order chi connectivity index (χ0) is 8.53. The zero-order valence-corrected chi connectivity index (χ0v) is 7.18. The van der Waals surface area contributed by atoms with Crippen molar-refractivity contribution >= 4 is 0 Å². The highest BCUT2D eigenvalue weighted by molar-refractivity contribution is 4.93. The first-order chi connectivity index (χ1) is 5.31. The summed E-state index contributed by atoms with van der Waals surface area (Å²) >= 11 is 0. The summed E-state index contributed by atoms with van der Waals surface area (Å²) < 4.78 is 5.26. The lowest BCUT2D eigenvalue weighted by molar-refractivity contribution is 0.207. The number of ether oxygens (including phenoxy) is 1. The van der Waals surface area contributed by atoms with Gasteiger partial charge in [-0.3, -0.25) is 0 Å². The Labute approximate surface area is 68.7 Å². The van der Waals surface area contributed by atoms with Gasteiger partial charge in [-0.15, -0.1) is 0 Å². The van der Waals surface area contributed by atoms with Crippen molar-refractivity contribution in [2.45, 2.75) is 19.8 Å². The summed E-state index contributed by atoms with van der Waals surface area (Å²) in [6.45, 7) is 7.09. The molecule has 0 fully saturated rings. The zero-order valence-electron chi connectivity index (χ0n) is 7.18. The van der Waals surface area contributed by atoms with Crippen molar-refractivity contribution < 1.29 is 4.74 Å². The molecule has 0 aromatic heterocycles. The number of nitrogens with two attached hydrogens (primary N) is 1. The summed E-state index contributed by atoms with van der Waals surface area (Å²) in [5, 5.41) is 0. The predicted octanol–water partition coefficient (Wildman–Crippen LogP) is 1.83. The van der Waals surface area contributed by atoms with Crippen LogP contribution in [0.5, 0.6) is 0 Å². The Morgan fingerprint density at radius 1 is 1.64 bits per heavy atom. The number of hydrogen-bond acceptors (Lipinski definition) is 2. The molecule has 11 heavy (non-hydrogen) atoms. The van der Waals surface area contributed by atoms with Gasteiger partial charge in [0.1, 0.15) is 0 Å². The molecule has 0 aliphatic rings. The second-order valence-corrected chi connectivity index (χ2v) is 2.30. The molecule has 2 nitrogen and oxygen atoms in total. The molecule has 0 unspecified atom stereocenters. The molecule has 0 aliphatic carbocycles. The van der Waals surface area contributed by atoms with E-state index in [1.807, 2.05) is 19.1 Å². The molecule has 0 saturated carbocycles. The second kappa shape index (κ2) is 7.35. The molecule has 2 N–H and O–H groups in total. The summed E-state index contributed by atoms with van der Waals surface area (Å²) in [6, 6.07) is 0. The molecule has 64 valence electrons. The van der Waals surface area contributed by atoms with E-state index < -0.39 is 0 Å². The summed E-state index contributed by atoms with van der Waals surface area (Å²) in [5.41, 5.74) is 5.29. The highest BCUT2D eigenvalue weighted by Crippen LogP contribution is 2.01. The van der Waals surface area contributed by atoms with Crippen LogP contribution in [-0.4, -0.2) is 13.2 Å². The number of hydrogen-bond donors (Lipinski definition) is 1. The quantitative estimate of drug-likeness (QED) is 0.361. The molecule has 0 rings (SSSR count). The molecular formula is C9H17NO. The van der Waals surface area contributed by atoms with Gasteiger partial charge in [-0.05, 0) is 19.9 Å². The smallest absolute Gasteiger partial charge is 0.0925 e. The summed E-state index contributed by atoms with van der Waals surface area (Å²) in [5.74, 6) is 0.816. The molecule has 0 atom stereocenters. The average Bonchev–Trinajstić information content (AvgIpc) is 2.01. The van der Waals surface area contributed by atoms with E-state index in [-0.39, 0.29) is 0 Å². The highest BCUT2D eigenvalue weighted by atomic mass is 16.5. The Hall–Kier alpha value is -0.760. The maximum Gasteiger partial charge on any atom is 0.0925 e. The van der Waals surface area contributed by atoms with E-state index in [9.17, 15) is 0 Å². The fourth-order valence-electron chi connectivity index (χ4n) is 0.608. The first-order valence-electron chi connectivity index (χ1n) is 3.93. The van der Waals surface area contributed by atoms with Crippen molar-refractivity contribution in [2.75, 3.05) is 13.2 Å². The SMILES string of the molecule is C=C(CC=CC)OCCCN. The standard InChI is InChI=1S/C9H17NO/c1-3-4-6-9(2)11-8-5-7-10/h3-4H,2,5-8,10H2,1H3.